The second-order valence-corrected chi connectivity index (χ2v) is 8.44. The Morgan fingerprint density at radius 3 is 2.73 bits per heavy atom. The second kappa shape index (κ2) is 7.26. The van der Waals surface area contributed by atoms with Gasteiger partial charge in [0.05, 0.1) is 0 Å². The van der Waals surface area contributed by atoms with Crippen molar-refractivity contribution >= 4 is 29.4 Å². The molecule has 3 rings (SSSR count). The molecule has 3 nitrogen and oxygen atoms in total. The van der Waals surface area contributed by atoms with Crippen LogP contribution in [0.15, 0.2) is 18.3 Å². The molecule has 2 saturated heterocycles. The van der Waals surface area contributed by atoms with Crippen molar-refractivity contribution in [2.24, 2.45) is 5.41 Å². The number of rotatable bonds is 3. The molecule has 0 aromatic carbocycles. The van der Waals surface area contributed by atoms with Gasteiger partial charge in [-0.3, -0.25) is 9.78 Å². The SMILES string of the molecule is CSCc1cccnc1C(=O)N1CCC2(CCSCC2)CC1. The Balaban J connectivity index is 1.67. The number of pyridine rings is 1. The van der Waals surface area contributed by atoms with Crippen molar-refractivity contribution in [3.63, 3.8) is 0 Å². The topological polar surface area (TPSA) is 33.2 Å². The van der Waals surface area contributed by atoms with E-state index < -0.39 is 0 Å². The molecule has 0 radical (unpaired) electrons. The highest BCUT2D eigenvalue weighted by Crippen LogP contribution is 2.43. The van der Waals surface area contributed by atoms with Crippen LogP contribution in [-0.2, 0) is 5.75 Å². The summed E-state index contributed by atoms with van der Waals surface area (Å²) in [6.45, 7) is 1.80. The number of carbonyl (C=O) groups excluding carboxylic acids is 1. The summed E-state index contributed by atoms with van der Waals surface area (Å²) in [4.78, 5) is 19.2. The molecule has 120 valence electrons. The van der Waals surface area contributed by atoms with Crippen LogP contribution in [0.5, 0.6) is 0 Å². The van der Waals surface area contributed by atoms with Gasteiger partial charge in [0.25, 0.3) is 5.91 Å². The van der Waals surface area contributed by atoms with Crippen LogP contribution in [0.4, 0.5) is 0 Å². The maximum Gasteiger partial charge on any atom is 0.272 e. The van der Waals surface area contributed by atoms with E-state index in [0.717, 1.165) is 24.4 Å². The third-order valence-corrected chi connectivity index (χ3v) is 6.64. The first-order chi connectivity index (χ1) is 10.7. The minimum Gasteiger partial charge on any atom is -0.337 e. The predicted octanol–water partition coefficient (Wildman–Crippen LogP) is 3.69. The highest BCUT2D eigenvalue weighted by atomic mass is 32.2. The van der Waals surface area contributed by atoms with Gasteiger partial charge in [-0.1, -0.05) is 6.07 Å². The first-order valence-corrected chi connectivity index (χ1v) is 10.6. The highest BCUT2D eigenvalue weighted by molar-refractivity contribution is 7.99. The molecule has 2 aliphatic rings. The number of aromatic nitrogens is 1. The third kappa shape index (κ3) is 3.46. The molecule has 5 heteroatoms. The second-order valence-electron chi connectivity index (χ2n) is 6.35. The molecule has 0 aliphatic carbocycles. The number of nitrogens with zero attached hydrogens (tertiary/aromatic N) is 2. The molecule has 0 bridgehead atoms. The molecule has 1 amide bonds. The first kappa shape index (κ1) is 16.2. The van der Waals surface area contributed by atoms with Gasteiger partial charge in [-0.25, -0.2) is 0 Å². The molecular weight excluding hydrogens is 312 g/mol. The van der Waals surface area contributed by atoms with E-state index >= 15 is 0 Å². The average molecular weight is 337 g/mol. The highest BCUT2D eigenvalue weighted by Gasteiger charge is 2.37. The molecule has 3 heterocycles. The summed E-state index contributed by atoms with van der Waals surface area (Å²) in [5, 5.41) is 0. The number of amides is 1. The monoisotopic (exact) mass is 336 g/mol. The van der Waals surface area contributed by atoms with E-state index in [1.165, 1.54) is 37.2 Å². The van der Waals surface area contributed by atoms with Crippen molar-refractivity contribution < 1.29 is 4.79 Å². The Morgan fingerprint density at radius 2 is 2.05 bits per heavy atom. The van der Waals surface area contributed by atoms with E-state index in [0.29, 0.717) is 11.1 Å². The lowest BCUT2D eigenvalue weighted by Crippen LogP contribution is -2.44. The summed E-state index contributed by atoms with van der Waals surface area (Å²) >= 11 is 3.82. The van der Waals surface area contributed by atoms with Gasteiger partial charge in [-0.15, -0.1) is 0 Å². The Hall–Kier alpha value is -0.680. The van der Waals surface area contributed by atoms with Gasteiger partial charge < -0.3 is 4.90 Å². The summed E-state index contributed by atoms with van der Waals surface area (Å²) in [5.74, 6) is 3.58. The number of hydrogen-bond acceptors (Lipinski definition) is 4. The number of thioether (sulfide) groups is 2. The standard InChI is InChI=1S/C17H24N2OS2/c1-21-13-14-3-2-8-18-15(14)16(20)19-9-4-17(5-10-19)6-11-22-12-7-17/h2-3,8H,4-7,9-13H2,1H3. The van der Waals surface area contributed by atoms with Gasteiger partial charge in [0, 0.05) is 25.0 Å². The van der Waals surface area contributed by atoms with E-state index in [2.05, 4.69) is 23.0 Å². The van der Waals surface area contributed by atoms with Crippen molar-refractivity contribution in [2.45, 2.75) is 31.4 Å². The molecular formula is C17H24N2OS2. The number of piperidine rings is 1. The van der Waals surface area contributed by atoms with Crippen LogP contribution >= 0.6 is 23.5 Å². The van der Waals surface area contributed by atoms with Crippen LogP contribution in [0.1, 0.15) is 41.7 Å². The van der Waals surface area contributed by atoms with Crippen molar-refractivity contribution in [3.05, 3.63) is 29.6 Å². The fourth-order valence-electron chi connectivity index (χ4n) is 3.54. The lowest BCUT2D eigenvalue weighted by molar-refractivity contribution is 0.0551. The molecule has 2 aliphatic heterocycles. The quantitative estimate of drug-likeness (QED) is 0.843. The van der Waals surface area contributed by atoms with Crippen molar-refractivity contribution in [2.75, 3.05) is 30.9 Å². The van der Waals surface area contributed by atoms with Crippen LogP contribution < -0.4 is 0 Å². The van der Waals surface area contributed by atoms with Crippen molar-refractivity contribution in [1.82, 2.24) is 9.88 Å². The molecule has 0 saturated carbocycles. The third-order valence-electron chi connectivity index (χ3n) is 5.06. The normalized spacial score (nSPS) is 21.0. The van der Waals surface area contributed by atoms with Gasteiger partial charge >= 0.3 is 0 Å². The van der Waals surface area contributed by atoms with Crippen molar-refractivity contribution in [1.29, 1.82) is 0 Å². The molecule has 2 fully saturated rings. The zero-order valence-electron chi connectivity index (χ0n) is 13.2. The Kier molecular flexibility index (Phi) is 5.34. The fraction of sp³-hybridized carbons (Fsp3) is 0.647. The van der Waals surface area contributed by atoms with Crippen LogP contribution in [-0.4, -0.2) is 46.6 Å². The van der Waals surface area contributed by atoms with Gasteiger partial charge in [0.15, 0.2) is 0 Å². The van der Waals surface area contributed by atoms with E-state index in [9.17, 15) is 4.79 Å². The Labute approximate surface area is 141 Å². The maximum absolute atomic E-state index is 12.8. The van der Waals surface area contributed by atoms with Gasteiger partial charge in [0.2, 0.25) is 0 Å². The lowest BCUT2D eigenvalue weighted by atomic mass is 9.74. The zero-order valence-corrected chi connectivity index (χ0v) is 14.8. The van der Waals surface area contributed by atoms with E-state index in [1.54, 1.807) is 18.0 Å². The Bertz CT molecular complexity index is 519. The van der Waals surface area contributed by atoms with Crippen LogP contribution in [0, 0.1) is 5.41 Å². The van der Waals surface area contributed by atoms with E-state index in [1.807, 2.05) is 17.0 Å². The zero-order chi connectivity index (χ0) is 15.4. The maximum atomic E-state index is 12.8. The minimum atomic E-state index is 0.129. The number of hydrogen-bond donors (Lipinski definition) is 0. The number of likely N-dealkylation sites (tertiary alicyclic amines) is 1. The molecule has 0 N–H and O–H groups in total. The minimum absolute atomic E-state index is 0.129. The molecule has 1 spiro atoms. The molecule has 1 aromatic heterocycles. The molecule has 0 atom stereocenters. The van der Waals surface area contributed by atoms with E-state index in [4.69, 9.17) is 0 Å². The lowest BCUT2D eigenvalue weighted by Gasteiger charge is -2.44. The smallest absolute Gasteiger partial charge is 0.272 e. The van der Waals surface area contributed by atoms with Crippen LogP contribution in [0.2, 0.25) is 0 Å². The van der Waals surface area contributed by atoms with Crippen LogP contribution in [0.25, 0.3) is 0 Å². The largest absolute Gasteiger partial charge is 0.337 e. The van der Waals surface area contributed by atoms with Gasteiger partial charge in [-0.2, -0.15) is 23.5 Å². The summed E-state index contributed by atoms with van der Waals surface area (Å²) in [5.41, 5.74) is 2.25. The summed E-state index contributed by atoms with van der Waals surface area (Å²) in [6, 6.07) is 3.95. The summed E-state index contributed by atoms with van der Waals surface area (Å²) in [7, 11) is 0. The predicted molar refractivity (Wildman–Crippen MR) is 95.6 cm³/mol. The summed E-state index contributed by atoms with van der Waals surface area (Å²) in [6.07, 6.45) is 8.81. The average Bonchev–Trinajstić information content (AvgIpc) is 2.57. The first-order valence-electron chi connectivity index (χ1n) is 8.04. The van der Waals surface area contributed by atoms with Crippen LogP contribution in [0.3, 0.4) is 0 Å². The van der Waals surface area contributed by atoms with Gasteiger partial charge in [-0.05, 0) is 60.5 Å². The van der Waals surface area contributed by atoms with E-state index in [-0.39, 0.29) is 5.91 Å². The molecule has 1 aromatic rings. The van der Waals surface area contributed by atoms with Crippen molar-refractivity contribution in [3.8, 4) is 0 Å². The summed E-state index contributed by atoms with van der Waals surface area (Å²) < 4.78 is 0. The molecule has 0 unspecified atom stereocenters. The Morgan fingerprint density at radius 1 is 1.32 bits per heavy atom. The number of carbonyl (C=O) groups is 1. The van der Waals surface area contributed by atoms with Gasteiger partial charge in [0.1, 0.15) is 5.69 Å². The molecule has 22 heavy (non-hydrogen) atoms. The fourth-order valence-corrected chi connectivity index (χ4v) is 5.44.